The largest absolute Gasteiger partial charge is 0.409 e. The zero-order valence-electron chi connectivity index (χ0n) is 12.9. The second-order valence-corrected chi connectivity index (χ2v) is 7.31. The third-order valence-electron chi connectivity index (χ3n) is 4.86. The van der Waals surface area contributed by atoms with Gasteiger partial charge in [-0.15, -0.1) is 0 Å². The Hall–Kier alpha value is -1.11. The highest BCUT2D eigenvalue weighted by Crippen LogP contribution is 2.35. The van der Waals surface area contributed by atoms with Crippen molar-refractivity contribution in [2.75, 3.05) is 32.4 Å². The Morgan fingerprint density at radius 3 is 2.24 bits per heavy atom. The fraction of sp³-hybridized carbons (Fsp3) is 0.857. The first kappa shape index (κ1) is 16.3. The molecule has 0 atom stereocenters. The number of oxime groups is 1. The normalized spacial score (nSPS) is 24.2. The van der Waals surface area contributed by atoms with E-state index in [9.17, 15) is 4.79 Å². The Kier molecular flexibility index (Phi) is 5.24. The number of thioether (sulfide) groups is 1. The van der Waals surface area contributed by atoms with Crippen LogP contribution in [0, 0.1) is 5.92 Å². The standard InChI is InChI=1S/C14H26N4O2S/c1-11-3-7-17(8-4-11)13(19)18-9-5-14(21-2,6-10-18)12(15)16-20/h11,20H,3-10H2,1-2H3,(H2,15,16). The zero-order valence-corrected chi connectivity index (χ0v) is 13.7. The lowest BCUT2D eigenvalue weighted by Gasteiger charge is -2.42. The van der Waals surface area contributed by atoms with Crippen molar-refractivity contribution in [3.8, 4) is 0 Å². The molecular weight excluding hydrogens is 288 g/mol. The summed E-state index contributed by atoms with van der Waals surface area (Å²) in [7, 11) is 0. The third kappa shape index (κ3) is 3.39. The first-order valence-corrected chi connectivity index (χ1v) is 8.82. The summed E-state index contributed by atoms with van der Waals surface area (Å²) in [6, 6.07) is 0.149. The topological polar surface area (TPSA) is 82.2 Å². The van der Waals surface area contributed by atoms with Crippen LogP contribution in [0.5, 0.6) is 0 Å². The van der Waals surface area contributed by atoms with Gasteiger partial charge >= 0.3 is 6.03 Å². The van der Waals surface area contributed by atoms with Crippen molar-refractivity contribution in [3.63, 3.8) is 0 Å². The molecule has 0 aromatic carbocycles. The molecule has 0 radical (unpaired) electrons. The maximum absolute atomic E-state index is 12.5. The number of rotatable bonds is 2. The van der Waals surface area contributed by atoms with E-state index in [0.29, 0.717) is 13.1 Å². The number of amides is 2. The summed E-state index contributed by atoms with van der Waals surface area (Å²) in [5.74, 6) is 0.994. The Morgan fingerprint density at radius 2 is 1.76 bits per heavy atom. The van der Waals surface area contributed by atoms with Gasteiger partial charge in [0.1, 0.15) is 0 Å². The van der Waals surface area contributed by atoms with E-state index in [1.54, 1.807) is 11.8 Å². The highest BCUT2D eigenvalue weighted by molar-refractivity contribution is 8.00. The van der Waals surface area contributed by atoms with Crippen LogP contribution in [0.4, 0.5) is 4.79 Å². The number of piperidine rings is 2. The molecule has 0 aromatic rings. The van der Waals surface area contributed by atoms with Crippen LogP contribution in [-0.2, 0) is 0 Å². The van der Waals surface area contributed by atoms with Crippen molar-refractivity contribution >= 4 is 23.6 Å². The summed E-state index contributed by atoms with van der Waals surface area (Å²) in [6.07, 6.45) is 5.64. The molecule has 2 saturated heterocycles. The lowest BCUT2D eigenvalue weighted by atomic mass is 9.94. The zero-order chi connectivity index (χ0) is 15.5. The van der Waals surface area contributed by atoms with Gasteiger partial charge in [-0.3, -0.25) is 0 Å². The number of amidine groups is 1. The highest BCUT2D eigenvalue weighted by Gasteiger charge is 2.40. The molecule has 0 saturated carbocycles. The van der Waals surface area contributed by atoms with Gasteiger partial charge in [-0.2, -0.15) is 11.8 Å². The van der Waals surface area contributed by atoms with Gasteiger partial charge in [0.2, 0.25) is 0 Å². The summed E-state index contributed by atoms with van der Waals surface area (Å²) < 4.78 is -0.331. The number of carbonyl (C=O) groups is 1. The van der Waals surface area contributed by atoms with Crippen LogP contribution in [0.2, 0.25) is 0 Å². The number of carbonyl (C=O) groups excluding carboxylic acids is 1. The lowest BCUT2D eigenvalue weighted by molar-refractivity contribution is 0.125. The van der Waals surface area contributed by atoms with Crippen LogP contribution in [0.25, 0.3) is 0 Å². The fourth-order valence-electron chi connectivity index (χ4n) is 3.12. The first-order valence-electron chi connectivity index (χ1n) is 7.59. The van der Waals surface area contributed by atoms with Crippen molar-refractivity contribution < 1.29 is 10.0 Å². The van der Waals surface area contributed by atoms with E-state index in [1.165, 1.54) is 0 Å². The predicted molar refractivity (Wildman–Crippen MR) is 85.8 cm³/mol. The molecule has 2 aliphatic heterocycles. The smallest absolute Gasteiger partial charge is 0.319 e. The molecule has 0 aromatic heterocycles. The van der Waals surface area contributed by atoms with E-state index in [4.69, 9.17) is 10.9 Å². The molecule has 2 fully saturated rings. The Labute approximate surface area is 130 Å². The fourth-order valence-corrected chi connectivity index (χ4v) is 3.96. The maximum atomic E-state index is 12.5. The molecule has 2 aliphatic rings. The van der Waals surface area contributed by atoms with Gasteiger partial charge in [-0.25, -0.2) is 4.79 Å². The molecule has 2 heterocycles. The van der Waals surface area contributed by atoms with Gasteiger partial charge < -0.3 is 20.7 Å². The Bertz CT molecular complexity index is 400. The highest BCUT2D eigenvalue weighted by atomic mass is 32.2. The molecule has 3 N–H and O–H groups in total. The van der Waals surface area contributed by atoms with Crippen LogP contribution >= 0.6 is 11.8 Å². The summed E-state index contributed by atoms with van der Waals surface area (Å²) in [5.41, 5.74) is 5.84. The molecule has 2 amide bonds. The summed E-state index contributed by atoms with van der Waals surface area (Å²) in [6.45, 7) is 5.31. The van der Waals surface area contributed by atoms with Crippen molar-refractivity contribution in [2.24, 2.45) is 16.8 Å². The molecule has 0 unspecified atom stereocenters. The SMILES string of the molecule is CSC1(C(N)=NO)CCN(C(=O)N2CCC(C)CC2)CC1. The minimum absolute atomic E-state index is 0.149. The second kappa shape index (κ2) is 6.77. The van der Waals surface area contributed by atoms with Crippen LogP contribution in [0.15, 0.2) is 5.16 Å². The lowest BCUT2D eigenvalue weighted by Crippen LogP contribution is -2.54. The van der Waals surface area contributed by atoms with E-state index < -0.39 is 0 Å². The number of hydrogen-bond donors (Lipinski definition) is 2. The van der Waals surface area contributed by atoms with Gasteiger partial charge in [-0.1, -0.05) is 12.1 Å². The third-order valence-corrected chi connectivity index (χ3v) is 6.26. The number of hydrogen-bond acceptors (Lipinski definition) is 4. The summed E-state index contributed by atoms with van der Waals surface area (Å²) in [4.78, 5) is 16.4. The van der Waals surface area contributed by atoms with Gasteiger partial charge in [0.05, 0.1) is 4.75 Å². The Morgan fingerprint density at radius 1 is 1.24 bits per heavy atom. The molecule has 120 valence electrons. The molecule has 0 spiro atoms. The average Bonchev–Trinajstić information content (AvgIpc) is 2.54. The van der Waals surface area contributed by atoms with Crippen molar-refractivity contribution in [3.05, 3.63) is 0 Å². The van der Waals surface area contributed by atoms with Gasteiger partial charge in [0.15, 0.2) is 5.84 Å². The minimum Gasteiger partial charge on any atom is -0.409 e. The van der Waals surface area contributed by atoms with Gasteiger partial charge in [0.25, 0.3) is 0 Å². The second-order valence-electron chi connectivity index (χ2n) is 6.12. The molecule has 21 heavy (non-hydrogen) atoms. The number of likely N-dealkylation sites (tertiary alicyclic amines) is 2. The minimum atomic E-state index is -0.331. The Balaban J connectivity index is 1.93. The van der Waals surface area contributed by atoms with Crippen molar-refractivity contribution in [2.45, 2.75) is 37.4 Å². The van der Waals surface area contributed by atoms with E-state index in [1.807, 2.05) is 16.1 Å². The summed E-state index contributed by atoms with van der Waals surface area (Å²) in [5, 5.41) is 12.1. The van der Waals surface area contributed by atoms with Crippen molar-refractivity contribution in [1.29, 1.82) is 0 Å². The van der Waals surface area contributed by atoms with Gasteiger partial charge in [0, 0.05) is 26.2 Å². The number of urea groups is 1. The molecular formula is C14H26N4O2S. The quantitative estimate of drug-likeness (QED) is 0.352. The van der Waals surface area contributed by atoms with Crippen LogP contribution in [0.1, 0.15) is 32.6 Å². The maximum Gasteiger partial charge on any atom is 0.319 e. The van der Waals surface area contributed by atoms with E-state index in [0.717, 1.165) is 44.7 Å². The van der Waals surface area contributed by atoms with Crippen LogP contribution in [-0.4, -0.2) is 64.1 Å². The molecule has 2 rings (SSSR count). The predicted octanol–water partition coefficient (Wildman–Crippen LogP) is 1.78. The van der Waals surface area contributed by atoms with Crippen LogP contribution < -0.4 is 5.73 Å². The molecule has 0 aliphatic carbocycles. The summed E-state index contributed by atoms with van der Waals surface area (Å²) >= 11 is 1.61. The average molecular weight is 314 g/mol. The van der Waals surface area contributed by atoms with Crippen molar-refractivity contribution in [1.82, 2.24) is 9.80 Å². The monoisotopic (exact) mass is 314 g/mol. The van der Waals surface area contributed by atoms with Crippen LogP contribution in [0.3, 0.4) is 0 Å². The number of nitrogens with two attached hydrogens (primary N) is 1. The van der Waals surface area contributed by atoms with E-state index in [2.05, 4.69) is 12.1 Å². The number of nitrogens with zero attached hydrogens (tertiary/aromatic N) is 3. The molecule has 7 heteroatoms. The molecule has 0 bridgehead atoms. The molecule has 6 nitrogen and oxygen atoms in total. The van der Waals surface area contributed by atoms with Gasteiger partial charge in [-0.05, 0) is 37.9 Å². The first-order chi connectivity index (χ1) is 10.0. The van der Waals surface area contributed by atoms with E-state index in [-0.39, 0.29) is 16.6 Å². The van der Waals surface area contributed by atoms with E-state index >= 15 is 0 Å².